The third-order valence-electron chi connectivity index (χ3n) is 3.30. The minimum absolute atomic E-state index is 0.0241. The molecule has 0 saturated carbocycles. The number of piperazine rings is 1. The van der Waals surface area contributed by atoms with Crippen LogP contribution in [0.1, 0.15) is 17.3 Å². The molecule has 7 nitrogen and oxygen atoms in total. The highest BCUT2D eigenvalue weighted by molar-refractivity contribution is 5.97. The third kappa shape index (κ3) is 2.93. The molecule has 1 aliphatic heterocycles. The summed E-state index contributed by atoms with van der Waals surface area (Å²) in [6.07, 6.45) is 0. The minimum Gasteiger partial charge on any atom is -0.507 e. The van der Waals surface area contributed by atoms with Crippen LogP contribution in [-0.2, 0) is 4.74 Å². The molecule has 1 aliphatic rings. The van der Waals surface area contributed by atoms with Crippen molar-refractivity contribution >= 4 is 11.8 Å². The van der Waals surface area contributed by atoms with Crippen LogP contribution in [0.25, 0.3) is 0 Å². The molecule has 0 bridgehead atoms. The van der Waals surface area contributed by atoms with Gasteiger partial charge < -0.3 is 24.6 Å². The van der Waals surface area contributed by atoms with Gasteiger partial charge in [-0.3, -0.25) is 4.79 Å². The Bertz CT molecular complexity index is 547. The Kier molecular flexibility index (Phi) is 4.29. The van der Waals surface area contributed by atoms with E-state index in [0.717, 1.165) is 19.2 Å². The van der Waals surface area contributed by atoms with Gasteiger partial charge in [0.15, 0.2) is 0 Å². The zero-order chi connectivity index (χ0) is 14.7. The summed E-state index contributed by atoms with van der Waals surface area (Å²) in [5.74, 6) is -0.641. The van der Waals surface area contributed by atoms with Crippen LogP contribution < -0.4 is 10.5 Å². The van der Waals surface area contributed by atoms with Crippen molar-refractivity contribution in [3.05, 3.63) is 22.0 Å². The van der Waals surface area contributed by atoms with Crippen LogP contribution in [0.2, 0.25) is 0 Å². The molecule has 2 heterocycles. The molecule has 1 fully saturated rings. The zero-order valence-electron chi connectivity index (χ0n) is 11.7. The molecule has 1 saturated heterocycles. The summed E-state index contributed by atoms with van der Waals surface area (Å²) in [7, 11) is 2.01. The number of nitrogens with one attached hydrogen (secondary N) is 1. The maximum Gasteiger partial charge on any atom is 0.345 e. The van der Waals surface area contributed by atoms with Gasteiger partial charge in [0, 0.05) is 32.2 Å². The van der Waals surface area contributed by atoms with Crippen LogP contribution in [0.4, 0.5) is 5.82 Å². The number of carbonyl (C=O) groups is 1. The van der Waals surface area contributed by atoms with Gasteiger partial charge in [0.05, 0.1) is 6.61 Å². The van der Waals surface area contributed by atoms with E-state index in [1.165, 1.54) is 0 Å². The molecule has 0 spiro atoms. The average molecular weight is 281 g/mol. The number of esters is 1. The fourth-order valence-corrected chi connectivity index (χ4v) is 2.20. The van der Waals surface area contributed by atoms with E-state index in [2.05, 4.69) is 9.88 Å². The number of H-pyrrole nitrogens is 1. The molecule has 0 amide bonds. The van der Waals surface area contributed by atoms with E-state index in [9.17, 15) is 14.7 Å². The van der Waals surface area contributed by atoms with E-state index >= 15 is 0 Å². The lowest BCUT2D eigenvalue weighted by Gasteiger charge is -2.34. The second kappa shape index (κ2) is 5.96. The van der Waals surface area contributed by atoms with Gasteiger partial charge in [0.1, 0.15) is 17.1 Å². The molecular weight excluding hydrogens is 262 g/mol. The predicted molar refractivity (Wildman–Crippen MR) is 74.4 cm³/mol. The maximum atomic E-state index is 12.0. The largest absolute Gasteiger partial charge is 0.507 e. The Morgan fingerprint density at radius 1 is 1.40 bits per heavy atom. The summed E-state index contributed by atoms with van der Waals surface area (Å²) in [6.45, 7) is 4.88. The van der Waals surface area contributed by atoms with Crippen molar-refractivity contribution in [2.45, 2.75) is 6.92 Å². The number of pyridine rings is 1. The number of rotatable bonds is 3. The Labute approximate surface area is 116 Å². The molecule has 0 radical (unpaired) electrons. The number of anilines is 1. The summed E-state index contributed by atoms with van der Waals surface area (Å²) >= 11 is 0. The van der Waals surface area contributed by atoms with Gasteiger partial charge in [0.25, 0.3) is 5.56 Å². The topological polar surface area (TPSA) is 85.9 Å². The molecule has 0 aliphatic carbocycles. The number of nitrogens with zero attached hydrogens (tertiary/aromatic N) is 2. The van der Waals surface area contributed by atoms with Crippen LogP contribution in [0.5, 0.6) is 5.75 Å². The van der Waals surface area contributed by atoms with Gasteiger partial charge in [-0.15, -0.1) is 0 Å². The average Bonchev–Trinajstić information content (AvgIpc) is 2.38. The van der Waals surface area contributed by atoms with Crippen LogP contribution in [0.15, 0.2) is 10.9 Å². The molecule has 110 valence electrons. The van der Waals surface area contributed by atoms with Crippen molar-refractivity contribution in [2.75, 3.05) is 44.7 Å². The summed E-state index contributed by atoms with van der Waals surface area (Å²) < 4.78 is 4.94. The molecule has 0 atom stereocenters. The molecule has 0 aromatic carbocycles. The first-order valence-corrected chi connectivity index (χ1v) is 6.59. The second-order valence-corrected chi connectivity index (χ2v) is 4.75. The second-order valence-electron chi connectivity index (χ2n) is 4.75. The van der Waals surface area contributed by atoms with Crippen LogP contribution in [-0.4, -0.2) is 60.8 Å². The number of carbonyl (C=O) groups excluding carboxylic acids is 1. The highest BCUT2D eigenvalue weighted by atomic mass is 16.5. The summed E-state index contributed by atoms with van der Waals surface area (Å²) in [6, 6.07) is 0.992. The van der Waals surface area contributed by atoms with Gasteiger partial charge in [-0.2, -0.15) is 0 Å². The Balaban J connectivity index is 2.40. The smallest absolute Gasteiger partial charge is 0.345 e. The molecule has 7 heteroatoms. The first-order valence-electron chi connectivity index (χ1n) is 6.59. The van der Waals surface area contributed by atoms with E-state index in [0.29, 0.717) is 18.9 Å². The van der Waals surface area contributed by atoms with E-state index in [-0.39, 0.29) is 17.9 Å². The minimum atomic E-state index is -0.629. The van der Waals surface area contributed by atoms with Gasteiger partial charge in [-0.1, -0.05) is 0 Å². The van der Waals surface area contributed by atoms with Crippen LogP contribution in [0, 0.1) is 0 Å². The highest BCUT2D eigenvalue weighted by Gasteiger charge is 2.25. The molecular formula is C13H19N3O4. The number of aromatic hydroxyl groups is 1. The van der Waals surface area contributed by atoms with Gasteiger partial charge in [-0.05, 0) is 14.0 Å². The summed E-state index contributed by atoms with van der Waals surface area (Å²) in [4.78, 5) is 30.2. The number of likely N-dealkylation sites (N-methyl/N-ethyl adjacent to an activating group) is 1. The lowest BCUT2D eigenvalue weighted by atomic mass is 10.2. The summed E-state index contributed by atoms with van der Waals surface area (Å²) in [5.41, 5.74) is -0.416. The first-order chi connectivity index (χ1) is 9.52. The van der Waals surface area contributed by atoms with Crippen molar-refractivity contribution in [1.29, 1.82) is 0 Å². The molecule has 2 rings (SSSR count). The van der Waals surface area contributed by atoms with Crippen molar-refractivity contribution in [3.63, 3.8) is 0 Å². The molecule has 1 aromatic rings. The number of aromatic amines is 1. The Hall–Kier alpha value is -2.02. The number of hydrogen-bond acceptors (Lipinski definition) is 6. The SMILES string of the molecule is CCOC(=O)c1c(O)cc(=O)[nH]c1N1CCN(C)CC1. The van der Waals surface area contributed by atoms with Crippen molar-refractivity contribution < 1.29 is 14.6 Å². The van der Waals surface area contributed by atoms with E-state index in [1.807, 2.05) is 11.9 Å². The van der Waals surface area contributed by atoms with E-state index in [1.54, 1.807) is 6.92 Å². The van der Waals surface area contributed by atoms with Crippen molar-refractivity contribution in [3.8, 4) is 5.75 Å². The van der Waals surface area contributed by atoms with Crippen LogP contribution >= 0.6 is 0 Å². The Morgan fingerprint density at radius 2 is 2.05 bits per heavy atom. The fourth-order valence-electron chi connectivity index (χ4n) is 2.20. The summed E-state index contributed by atoms with van der Waals surface area (Å²) in [5, 5.41) is 9.89. The molecule has 2 N–H and O–H groups in total. The van der Waals surface area contributed by atoms with Gasteiger partial charge >= 0.3 is 5.97 Å². The predicted octanol–water partition coefficient (Wildman–Crippen LogP) is 0.00900. The monoisotopic (exact) mass is 281 g/mol. The quantitative estimate of drug-likeness (QED) is 0.759. The highest BCUT2D eigenvalue weighted by Crippen LogP contribution is 2.26. The standard InChI is InChI=1S/C13H19N3O4/c1-3-20-13(19)11-9(17)8-10(18)14-12(11)16-6-4-15(2)5-7-16/h8H,3-7H2,1-2H3,(H2,14,17,18). The molecule has 0 unspecified atom stereocenters. The van der Waals surface area contributed by atoms with Crippen LogP contribution in [0.3, 0.4) is 0 Å². The maximum absolute atomic E-state index is 12.0. The van der Waals surface area contributed by atoms with E-state index < -0.39 is 11.5 Å². The number of aromatic nitrogens is 1. The third-order valence-corrected chi connectivity index (χ3v) is 3.30. The fraction of sp³-hybridized carbons (Fsp3) is 0.538. The molecule has 20 heavy (non-hydrogen) atoms. The lowest BCUT2D eigenvalue weighted by molar-refractivity contribution is 0.0523. The van der Waals surface area contributed by atoms with Crippen molar-refractivity contribution in [2.24, 2.45) is 0 Å². The normalized spacial score (nSPS) is 16.2. The number of hydrogen-bond donors (Lipinski definition) is 2. The lowest BCUT2D eigenvalue weighted by Crippen LogP contribution is -2.45. The zero-order valence-corrected chi connectivity index (χ0v) is 11.7. The molecule has 1 aromatic heterocycles. The first kappa shape index (κ1) is 14.4. The van der Waals surface area contributed by atoms with E-state index in [4.69, 9.17) is 4.74 Å². The number of ether oxygens (including phenoxy) is 1. The van der Waals surface area contributed by atoms with Gasteiger partial charge in [-0.25, -0.2) is 4.79 Å². The van der Waals surface area contributed by atoms with Gasteiger partial charge in [0.2, 0.25) is 0 Å². The Morgan fingerprint density at radius 3 is 2.65 bits per heavy atom. The van der Waals surface area contributed by atoms with Crippen molar-refractivity contribution in [1.82, 2.24) is 9.88 Å².